The molecule has 0 aromatic carbocycles. The molecule has 3 heterocycles. The van der Waals surface area contributed by atoms with E-state index >= 15 is 0 Å². The summed E-state index contributed by atoms with van der Waals surface area (Å²) in [5, 5.41) is 4.40. The van der Waals surface area contributed by atoms with Gasteiger partial charge < -0.3 is 14.2 Å². The first-order valence-electron chi connectivity index (χ1n) is 9.73. The number of rotatable bonds is 5. The zero-order valence-corrected chi connectivity index (χ0v) is 15.5. The lowest BCUT2D eigenvalue weighted by molar-refractivity contribution is 0.0301. The first kappa shape index (κ1) is 17.3. The number of aryl methyl sites for hydroxylation is 2. The minimum atomic E-state index is 0.0709. The van der Waals surface area contributed by atoms with Crippen molar-refractivity contribution in [3.63, 3.8) is 0 Å². The van der Waals surface area contributed by atoms with Gasteiger partial charge >= 0.3 is 0 Å². The molecule has 1 fully saturated rings. The standard InChI is InChI=1S/C20H28N4O2/c1-22-11-4-7-19(22)20(25)23-13-17-8-10-21-24(17)12-9-18(23)15-26-14-16-5-2-3-6-16/h4,7-8,10-11,16,18H,2-3,5-6,9,12-15H2,1H3/t18-/m1/s1. The second-order valence-corrected chi connectivity index (χ2v) is 7.61. The summed E-state index contributed by atoms with van der Waals surface area (Å²) in [4.78, 5) is 15.2. The maximum atomic E-state index is 13.2. The van der Waals surface area contributed by atoms with Crippen molar-refractivity contribution in [2.75, 3.05) is 13.2 Å². The molecule has 2 aromatic heterocycles. The Balaban J connectivity index is 1.49. The first-order chi connectivity index (χ1) is 12.7. The Kier molecular flexibility index (Phi) is 5.11. The van der Waals surface area contributed by atoms with Crippen molar-refractivity contribution in [2.24, 2.45) is 13.0 Å². The second-order valence-electron chi connectivity index (χ2n) is 7.61. The lowest BCUT2D eigenvalue weighted by Crippen LogP contribution is -2.42. The Morgan fingerprint density at radius 3 is 2.85 bits per heavy atom. The van der Waals surface area contributed by atoms with Gasteiger partial charge in [0.15, 0.2) is 0 Å². The van der Waals surface area contributed by atoms with Gasteiger partial charge in [-0.2, -0.15) is 5.10 Å². The van der Waals surface area contributed by atoms with Crippen molar-refractivity contribution in [3.05, 3.63) is 42.0 Å². The zero-order chi connectivity index (χ0) is 17.9. The van der Waals surface area contributed by atoms with Crippen LogP contribution in [0.3, 0.4) is 0 Å². The molecule has 1 atom stereocenters. The molecule has 1 saturated carbocycles. The van der Waals surface area contributed by atoms with E-state index in [1.165, 1.54) is 25.7 Å². The van der Waals surface area contributed by atoms with E-state index < -0.39 is 0 Å². The molecule has 2 aliphatic rings. The van der Waals surface area contributed by atoms with Gasteiger partial charge in [0.05, 0.1) is 24.9 Å². The molecule has 6 nitrogen and oxygen atoms in total. The van der Waals surface area contributed by atoms with E-state index in [9.17, 15) is 4.79 Å². The molecule has 140 valence electrons. The van der Waals surface area contributed by atoms with Crippen LogP contribution in [0.4, 0.5) is 0 Å². The van der Waals surface area contributed by atoms with Gasteiger partial charge in [-0.05, 0) is 43.4 Å². The fraction of sp³-hybridized carbons (Fsp3) is 0.600. The van der Waals surface area contributed by atoms with Crippen molar-refractivity contribution in [1.82, 2.24) is 19.2 Å². The molecule has 26 heavy (non-hydrogen) atoms. The summed E-state index contributed by atoms with van der Waals surface area (Å²) in [6, 6.07) is 5.90. The summed E-state index contributed by atoms with van der Waals surface area (Å²) in [6.07, 6.45) is 9.83. The number of hydrogen-bond acceptors (Lipinski definition) is 3. The Morgan fingerprint density at radius 1 is 1.23 bits per heavy atom. The maximum absolute atomic E-state index is 13.2. The van der Waals surface area contributed by atoms with E-state index in [0.29, 0.717) is 19.1 Å². The van der Waals surface area contributed by atoms with Crippen molar-refractivity contribution in [1.29, 1.82) is 0 Å². The van der Waals surface area contributed by atoms with Crippen LogP contribution in [-0.4, -0.2) is 44.4 Å². The van der Waals surface area contributed by atoms with E-state index in [-0.39, 0.29) is 11.9 Å². The van der Waals surface area contributed by atoms with Crippen molar-refractivity contribution >= 4 is 5.91 Å². The number of aromatic nitrogens is 3. The largest absolute Gasteiger partial charge is 0.379 e. The predicted octanol–water partition coefficient (Wildman–Crippen LogP) is 2.84. The summed E-state index contributed by atoms with van der Waals surface area (Å²) < 4.78 is 9.99. The van der Waals surface area contributed by atoms with Gasteiger partial charge in [-0.1, -0.05) is 12.8 Å². The second kappa shape index (κ2) is 7.66. The Morgan fingerprint density at radius 2 is 2.08 bits per heavy atom. The molecule has 6 heteroatoms. The van der Waals surface area contributed by atoms with Crippen LogP contribution in [0.15, 0.2) is 30.6 Å². The van der Waals surface area contributed by atoms with Crippen LogP contribution in [0.1, 0.15) is 48.3 Å². The molecule has 1 amide bonds. The van der Waals surface area contributed by atoms with Gasteiger partial charge in [0.25, 0.3) is 5.91 Å². The normalized spacial score (nSPS) is 21.0. The highest BCUT2D eigenvalue weighted by atomic mass is 16.5. The molecule has 1 aliphatic carbocycles. The number of hydrogen-bond donors (Lipinski definition) is 0. The SMILES string of the molecule is Cn1cccc1C(=O)N1Cc2ccnn2CC[C@@H]1COCC1CCCC1. The van der Waals surface area contributed by atoms with Crippen LogP contribution < -0.4 is 0 Å². The minimum absolute atomic E-state index is 0.0709. The zero-order valence-electron chi connectivity index (χ0n) is 15.5. The third kappa shape index (κ3) is 3.56. The Bertz CT molecular complexity index is 745. The predicted molar refractivity (Wildman–Crippen MR) is 98.7 cm³/mol. The van der Waals surface area contributed by atoms with Crippen LogP contribution in [-0.2, 0) is 24.9 Å². The topological polar surface area (TPSA) is 52.3 Å². The third-order valence-electron chi connectivity index (χ3n) is 5.81. The number of fused-ring (bicyclic) bond motifs is 1. The number of amides is 1. The summed E-state index contributed by atoms with van der Waals surface area (Å²) in [5.74, 6) is 0.773. The minimum Gasteiger partial charge on any atom is -0.379 e. The summed E-state index contributed by atoms with van der Waals surface area (Å²) >= 11 is 0. The van der Waals surface area contributed by atoms with Crippen LogP contribution in [0.25, 0.3) is 0 Å². The van der Waals surface area contributed by atoms with Gasteiger partial charge in [0, 0.05) is 32.6 Å². The third-order valence-corrected chi connectivity index (χ3v) is 5.81. The average molecular weight is 356 g/mol. The van der Waals surface area contributed by atoms with Crippen molar-refractivity contribution in [3.8, 4) is 0 Å². The molecule has 2 aromatic rings. The molecule has 0 spiro atoms. The van der Waals surface area contributed by atoms with E-state index in [1.807, 2.05) is 51.8 Å². The molecular weight excluding hydrogens is 328 g/mol. The van der Waals surface area contributed by atoms with Crippen molar-refractivity contribution in [2.45, 2.75) is 51.2 Å². The summed E-state index contributed by atoms with van der Waals surface area (Å²) in [7, 11) is 1.92. The quantitative estimate of drug-likeness (QED) is 0.828. The highest BCUT2D eigenvalue weighted by Gasteiger charge is 2.30. The van der Waals surface area contributed by atoms with Crippen LogP contribution in [0.2, 0.25) is 0 Å². The van der Waals surface area contributed by atoms with Crippen LogP contribution in [0, 0.1) is 5.92 Å². The first-order valence-corrected chi connectivity index (χ1v) is 9.73. The number of carbonyl (C=O) groups excluding carboxylic acids is 1. The van der Waals surface area contributed by atoms with Crippen molar-refractivity contribution < 1.29 is 9.53 Å². The molecule has 0 radical (unpaired) electrons. The highest BCUT2D eigenvalue weighted by Crippen LogP contribution is 2.25. The molecule has 0 unspecified atom stereocenters. The molecular formula is C20H28N4O2. The van der Waals surface area contributed by atoms with E-state index in [2.05, 4.69) is 5.10 Å². The molecule has 0 bridgehead atoms. The van der Waals surface area contributed by atoms with E-state index in [0.717, 1.165) is 31.0 Å². The molecule has 1 aliphatic heterocycles. The fourth-order valence-corrected chi connectivity index (χ4v) is 4.22. The monoisotopic (exact) mass is 356 g/mol. The summed E-state index contributed by atoms with van der Waals surface area (Å²) in [5.41, 5.74) is 1.81. The van der Waals surface area contributed by atoms with Gasteiger partial charge in [0.2, 0.25) is 0 Å². The number of carbonyl (C=O) groups is 1. The van der Waals surface area contributed by atoms with Gasteiger partial charge in [0.1, 0.15) is 5.69 Å². The van der Waals surface area contributed by atoms with Crippen LogP contribution >= 0.6 is 0 Å². The lowest BCUT2D eigenvalue weighted by Gasteiger charge is -2.30. The summed E-state index contributed by atoms with van der Waals surface area (Å²) in [6.45, 7) is 2.85. The smallest absolute Gasteiger partial charge is 0.271 e. The van der Waals surface area contributed by atoms with Crippen LogP contribution in [0.5, 0.6) is 0 Å². The van der Waals surface area contributed by atoms with E-state index in [1.54, 1.807) is 0 Å². The Hall–Kier alpha value is -2.08. The maximum Gasteiger partial charge on any atom is 0.271 e. The van der Waals surface area contributed by atoms with Gasteiger partial charge in [-0.15, -0.1) is 0 Å². The number of ether oxygens (including phenoxy) is 1. The fourth-order valence-electron chi connectivity index (χ4n) is 4.22. The highest BCUT2D eigenvalue weighted by molar-refractivity contribution is 5.93. The Labute approximate surface area is 154 Å². The van der Waals surface area contributed by atoms with Gasteiger partial charge in [-0.25, -0.2) is 0 Å². The lowest BCUT2D eigenvalue weighted by atomic mass is 10.1. The number of nitrogens with zero attached hydrogens (tertiary/aromatic N) is 4. The molecule has 0 saturated heterocycles. The van der Waals surface area contributed by atoms with Gasteiger partial charge in [-0.3, -0.25) is 9.48 Å². The van der Waals surface area contributed by atoms with E-state index in [4.69, 9.17) is 4.74 Å². The average Bonchev–Trinajstić information content (AvgIpc) is 3.37. The molecule has 4 rings (SSSR count). The molecule has 0 N–H and O–H groups in total.